The van der Waals surface area contributed by atoms with E-state index >= 15 is 0 Å². The van der Waals surface area contributed by atoms with Crippen molar-refractivity contribution in [1.29, 1.82) is 0 Å². The van der Waals surface area contributed by atoms with Gasteiger partial charge in [-0.15, -0.1) is 13.2 Å². The van der Waals surface area contributed by atoms with Gasteiger partial charge in [0.25, 0.3) is 20.0 Å². The van der Waals surface area contributed by atoms with Crippen LogP contribution in [0.2, 0.25) is 0 Å². The molecule has 0 radical (unpaired) electrons. The number of hydrogen-bond acceptors (Lipinski definition) is 10. The lowest BCUT2D eigenvalue weighted by atomic mass is 10.1. The Bertz CT molecular complexity index is 2450. The summed E-state index contributed by atoms with van der Waals surface area (Å²) in [4.78, 5) is 20.3. The summed E-state index contributed by atoms with van der Waals surface area (Å²) < 4.78 is 53.5. The maximum Gasteiger partial charge on any atom is 0.269 e. The molecule has 14 nitrogen and oxygen atoms in total. The molecule has 0 aliphatic heterocycles. The summed E-state index contributed by atoms with van der Waals surface area (Å²) >= 11 is 0. The van der Waals surface area contributed by atoms with E-state index in [0.717, 1.165) is 19.1 Å². The quantitative estimate of drug-likeness (QED) is 0.0675. The first-order valence-electron chi connectivity index (χ1n) is 15.2. The standard InChI is InChI=1S/C17H16N6O2S.C17H17N3O3S/c1-3-4-14(21-22-18)16-11-19-17-15(20-16)9-10-23(17)26(24,25)13-7-5-12(2)6-8-13;1-3-4-16(21)15-11-18-17-14(19-15)9-10-20(17)24(22,23)13-7-5-12(2)6-8-13/h3,5-11,14H,1,4H2,2H3;3,5-11,16,21H,1,4H2,2H3. The molecule has 16 heteroatoms. The number of hydrogen-bond donors (Lipinski definition) is 1. The topological polar surface area (TPSA) is 199 Å². The molecule has 0 bridgehead atoms. The molecule has 6 aromatic rings. The van der Waals surface area contributed by atoms with Crippen LogP contribution in [0.3, 0.4) is 0 Å². The van der Waals surface area contributed by atoms with Crippen molar-refractivity contribution in [3.63, 3.8) is 0 Å². The van der Waals surface area contributed by atoms with Gasteiger partial charge in [0, 0.05) is 17.3 Å². The van der Waals surface area contributed by atoms with E-state index in [4.69, 9.17) is 5.53 Å². The van der Waals surface area contributed by atoms with Crippen LogP contribution < -0.4 is 0 Å². The average Bonchev–Trinajstić information content (AvgIpc) is 3.74. The van der Waals surface area contributed by atoms with Crippen molar-refractivity contribution < 1.29 is 21.9 Å². The highest BCUT2D eigenvalue weighted by Gasteiger charge is 2.22. The second-order valence-electron chi connectivity index (χ2n) is 11.2. The molecule has 0 saturated heterocycles. The monoisotopic (exact) mass is 711 g/mol. The highest BCUT2D eigenvalue weighted by atomic mass is 32.2. The Balaban J connectivity index is 0.000000195. The molecule has 0 aliphatic carbocycles. The number of benzene rings is 2. The second kappa shape index (κ2) is 14.8. The van der Waals surface area contributed by atoms with Crippen molar-refractivity contribution in [3.8, 4) is 0 Å². The van der Waals surface area contributed by atoms with E-state index in [1.807, 2.05) is 13.8 Å². The zero-order valence-corrected chi connectivity index (χ0v) is 28.8. The van der Waals surface area contributed by atoms with Gasteiger partial charge < -0.3 is 5.11 Å². The number of azide groups is 1. The van der Waals surface area contributed by atoms with Crippen LogP contribution in [0.4, 0.5) is 0 Å². The van der Waals surface area contributed by atoms with Gasteiger partial charge in [-0.05, 0) is 68.6 Å². The van der Waals surface area contributed by atoms with Crippen LogP contribution in [0.15, 0.2) is 126 Å². The molecule has 0 aliphatic rings. The van der Waals surface area contributed by atoms with Crippen LogP contribution in [-0.4, -0.2) is 49.8 Å². The minimum atomic E-state index is -3.78. The third-order valence-corrected chi connectivity index (χ3v) is 10.9. The number of aliphatic hydroxyl groups excluding tert-OH is 1. The summed E-state index contributed by atoms with van der Waals surface area (Å²) in [6.07, 6.45) is 8.81. The van der Waals surface area contributed by atoms with E-state index < -0.39 is 32.2 Å². The lowest BCUT2D eigenvalue weighted by molar-refractivity contribution is 0.177. The third-order valence-electron chi connectivity index (χ3n) is 7.56. The van der Waals surface area contributed by atoms with Crippen molar-refractivity contribution >= 4 is 42.4 Å². The van der Waals surface area contributed by atoms with Gasteiger partial charge in [0.1, 0.15) is 17.1 Å². The van der Waals surface area contributed by atoms with Crippen molar-refractivity contribution in [2.24, 2.45) is 5.11 Å². The fourth-order valence-electron chi connectivity index (χ4n) is 4.89. The Labute approximate surface area is 288 Å². The summed E-state index contributed by atoms with van der Waals surface area (Å²) in [5.74, 6) is 0. The van der Waals surface area contributed by atoms with Crippen molar-refractivity contribution in [3.05, 3.63) is 144 Å². The van der Waals surface area contributed by atoms with Crippen LogP contribution >= 0.6 is 0 Å². The molecule has 0 amide bonds. The lowest BCUT2D eigenvalue weighted by Crippen LogP contribution is -2.13. The van der Waals surface area contributed by atoms with Crippen molar-refractivity contribution in [1.82, 2.24) is 27.9 Å². The number of nitrogens with zero attached hydrogens (tertiary/aromatic N) is 9. The van der Waals surface area contributed by atoms with Crippen LogP contribution in [0.25, 0.3) is 32.8 Å². The molecule has 2 unspecified atom stereocenters. The fourth-order valence-corrected chi connectivity index (χ4v) is 7.48. The molecule has 256 valence electrons. The van der Waals surface area contributed by atoms with Crippen molar-refractivity contribution in [2.75, 3.05) is 0 Å². The largest absolute Gasteiger partial charge is 0.386 e. The highest BCUT2D eigenvalue weighted by molar-refractivity contribution is 7.90. The van der Waals surface area contributed by atoms with Crippen LogP contribution in [0.1, 0.15) is 47.5 Å². The molecule has 50 heavy (non-hydrogen) atoms. The number of aromatic nitrogens is 6. The maximum absolute atomic E-state index is 12.9. The highest BCUT2D eigenvalue weighted by Crippen LogP contribution is 2.25. The number of fused-ring (bicyclic) bond motifs is 2. The maximum atomic E-state index is 12.9. The molecular weight excluding hydrogens is 679 g/mol. The Morgan fingerprint density at radius 1 is 0.760 bits per heavy atom. The van der Waals surface area contributed by atoms with Gasteiger partial charge in [-0.2, -0.15) is 0 Å². The third kappa shape index (κ3) is 7.33. The second-order valence-corrected chi connectivity index (χ2v) is 14.8. The molecule has 4 aromatic heterocycles. The molecule has 0 spiro atoms. The fraction of sp³-hybridized carbons (Fsp3) is 0.176. The Hall–Kier alpha value is -5.67. The summed E-state index contributed by atoms with van der Waals surface area (Å²) in [5, 5.41) is 13.6. The molecule has 0 fully saturated rings. The van der Waals surface area contributed by atoms with Crippen LogP contribution in [0.5, 0.6) is 0 Å². The predicted octanol–water partition coefficient (Wildman–Crippen LogP) is 6.49. The Morgan fingerprint density at radius 2 is 1.20 bits per heavy atom. The SMILES string of the molecule is C=CCC(N=[N+]=[N-])c1cnc2c(ccn2S(=O)(=O)c2ccc(C)cc2)n1.C=CCC(O)c1cnc2c(ccn2S(=O)(=O)c2ccc(C)cc2)n1. The van der Waals surface area contributed by atoms with E-state index in [1.54, 1.807) is 72.8 Å². The van der Waals surface area contributed by atoms with E-state index in [1.165, 1.54) is 24.8 Å². The van der Waals surface area contributed by atoms with E-state index in [0.29, 0.717) is 35.3 Å². The molecular formula is C34H33N9O5S2. The zero-order chi connectivity index (χ0) is 36.1. The summed E-state index contributed by atoms with van der Waals surface area (Å²) in [6, 6.07) is 15.8. The number of aliphatic hydroxyl groups is 1. The van der Waals surface area contributed by atoms with Crippen LogP contribution in [-0.2, 0) is 20.0 Å². The van der Waals surface area contributed by atoms with Gasteiger partial charge in [0.2, 0.25) is 0 Å². The molecule has 2 aromatic carbocycles. The number of aryl methyl sites for hydroxylation is 2. The van der Waals surface area contributed by atoms with Gasteiger partial charge in [-0.25, -0.2) is 44.7 Å². The molecule has 0 saturated carbocycles. The first-order chi connectivity index (χ1) is 23.9. The Kier molecular flexibility index (Phi) is 10.6. The summed E-state index contributed by atoms with van der Waals surface area (Å²) in [5.41, 5.74) is 12.7. The molecule has 1 N–H and O–H groups in total. The summed E-state index contributed by atoms with van der Waals surface area (Å²) in [7, 11) is -7.52. The normalized spacial score (nSPS) is 12.8. The van der Waals surface area contributed by atoms with Gasteiger partial charge in [0.05, 0.1) is 39.6 Å². The average molecular weight is 712 g/mol. The zero-order valence-electron chi connectivity index (χ0n) is 27.1. The van der Waals surface area contributed by atoms with E-state index in [2.05, 4.69) is 43.1 Å². The summed E-state index contributed by atoms with van der Waals surface area (Å²) in [6.45, 7) is 11.0. The minimum absolute atomic E-state index is 0.171. The molecule has 4 heterocycles. The first kappa shape index (κ1) is 35.6. The van der Waals surface area contributed by atoms with Crippen LogP contribution in [0, 0.1) is 13.8 Å². The van der Waals surface area contributed by atoms with Gasteiger partial charge in [-0.1, -0.05) is 52.7 Å². The predicted molar refractivity (Wildman–Crippen MR) is 189 cm³/mol. The first-order valence-corrected chi connectivity index (χ1v) is 18.0. The van der Waals surface area contributed by atoms with E-state index in [-0.39, 0.29) is 21.1 Å². The molecule has 2 atom stereocenters. The van der Waals surface area contributed by atoms with E-state index in [9.17, 15) is 21.9 Å². The van der Waals surface area contributed by atoms with Crippen molar-refractivity contribution in [2.45, 2.75) is 48.6 Å². The number of rotatable bonds is 11. The Morgan fingerprint density at radius 3 is 1.64 bits per heavy atom. The molecule has 6 rings (SSSR count). The van der Waals surface area contributed by atoms with Gasteiger partial charge >= 0.3 is 0 Å². The van der Waals surface area contributed by atoms with Gasteiger partial charge in [-0.3, -0.25) is 0 Å². The van der Waals surface area contributed by atoms with Gasteiger partial charge in [0.15, 0.2) is 11.3 Å². The minimum Gasteiger partial charge on any atom is -0.386 e. The smallest absolute Gasteiger partial charge is 0.269 e. The lowest BCUT2D eigenvalue weighted by Gasteiger charge is -2.09.